The van der Waals surface area contributed by atoms with Crippen molar-refractivity contribution in [1.29, 1.82) is 0 Å². The SMILES string of the molecule is COc1ccccc1CCNC(=O)CN1CC[C@H](C(=O)O)[C@H](O)C1. The van der Waals surface area contributed by atoms with E-state index in [2.05, 4.69) is 5.32 Å². The maximum Gasteiger partial charge on any atom is 0.309 e. The summed E-state index contributed by atoms with van der Waals surface area (Å²) >= 11 is 0. The number of carbonyl (C=O) groups excluding carboxylic acids is 1. The van der Waals surface area contributed by atoms with Gasteiger partial charge in [-0.2, -0.15) is 0 Å². The third-order valence-corrected chi connectivity index (χ3v) is 4.26. The van der Waals surface area contributed by atoms with Gasteiger partial charge in [0, 0.05) is 13.1 Å². The quantitative estimate of drug-likeness (QED) is 0.654. The van der Waals surface area contributed by atoms with Crippen molar-refractivity contribution < 1.29 is 24.5 Å². The molecule has 0 radical (unpaired) electrons. The summed E-state index contributed by atoms with van der Waals surface area (Å²) in [5.74, 6) is -1.06. The molecule has 24 heavy (non-hydrogen) atoms. The number of nitrogens with zero attached hydrogens (tertiary/aromatic N) is 1. The number of ether oxygens (including phenoxy) is 1. The lowest BCUT2D eigenvalue weighted by Crippen LogP contribution is -2.49. The van der Waals surface area contributed by atoms with Gasteiger partial charge in [-0.25, -0.2) is 0 Å². The topological polar surface area (TPSA) is 99.1 Å². The Morgan fingerprint density at radius 1 is 1.38 bits per heavy atom. The number of likely N-dealkylation sites (tertiary alicyclic amines) is 1. The molecule has 0 aromatic heterocycles. The summed E-state index contributed by atoms with van der Waals surface area (Å²) in [7, 11) is 1.61. The maximum atomic E-state index is 12.0. The largest absolute Gasteiger partial charge is 0.496 e. The number of hydrogen-bond acceptors (Lipinski definition) is 5. The van der Waals surface area contributed by atoms with Gasteiger partial charge in [-0.05, 0) is 31.0 Å². The van der Waals surface area contributed by atoms with E-state index in [0.717, 1.165) is 11.3 Å². The number of methoxy groups -OCH3 is 1. The second-order valence-electron chi connectivity index (χ2n) is 5.95. The van der Waals surface area contributed by atoms with Gasteiger partial charge in [0.05, 0.1) is 25.7 Å². The van der Waals surface area contributed by atoms with Crippen LogP contribution in [0.2, 0.25) is 0 Å². The summed E-state index contributed by atoms with van der Waals surface area (Å²) in [5.41, 5.74) is 1.03. The zero-order chi connectivity index (χ0) is 17.5. The number of nitrogens with one attached hydrogen (secondary N) is 1. The molecule has 3 N–H and O–H groups in total. The molecular weight excluding hydrogens is 312 g/mol. The summed E-state index contributed by atoms with van der Waals surface area (Å²) in [5, 5.41) is 21.7. The Hall–Kier alpha value is -2.12. The van der Waals surface area contributed by atoms with Crippen molar-refractivity contribution in [3.05, 3.63) is 29.8 Å². The molecule has 0 unspecified atom stereocenters. The highest BCUT2D eigenvalue weighted by Crippen LogP contribution is 2.18. The number of hydrogen-bond donors (Lipinski definition) is 3. The number of aliphatic carboxylic acids is 1. The average Bonchev–Trinajstić information content (AvgIpc) is 2.55. The highest BCUT2D eigenvalue weighted by atomic mass is 16.5. The number of carbonyl (C=O) groups is 2. The predicted molar refractivity (Wildman–Crippen MR) is 87.9 cm³/mol. The normalized spacial score (nSPS) is 21.2. The molecule has 1 saturated heterocycles. The zero-order valence-corrected chi connectivity index (χ0v) is 13.8. The molecule has 1 aromatic carbocycles. The molecular formula is C17H24N2O5. The molecule has 1 heterocycles. The molecule has 2 atom stereocenters. The van der Waals surface area contributed by atoms with Gasteiger partial charge < -0.3 is 20.3 Å². The molecule has 1 fully saturated rings. The van der Waals surface area contributed by atoms with Crippen molar-refractivity contribution >= 4 is 11.9 Å². The first-order valence-corrected chi connectivity index (χ1v) is 8.03. The van der Waals surface area contributed by atoms with Crippen LogP contribution >= 0.6 is 0 Å². The highest BCUT2D eigenvalue weighted by Gasteiger charge is 2.33. The number of aliphatic hydroxyl groups excluding tert-OH is 1. The summed E-state index contributed by atoms with van der Waals surface area (Å²) in [6.45, 7) is 1.35. The van der Waals surface area contributed by atoms with E-state index in [4.69, 9.17) is 9.84 Å². The first-order chi connectivity index (χ1) is 11.5. The van der Waals surface area contributed by atoms with Gasteiger partial charge in [-0.1, -0.05) is 18.2 Å². The minimum Gasteiger partial charge on any atom is -0.496 e. The Balaban J connectivity index is 1.73. The molecule has 0 saturated carbocycles. The van der Waals surface area contributed by atoms with Gasteiger partial charge in [0.1, 0.15) is 5.75 Å². The number of β-amino-alcohol motifs (C(OH)–C–C–N with tert-alkyl or cyclic N) is 1. The molecule has 0 aliphatic carbocycles. The Morgan fingerprint density at radius 2 is 2.12 bits per heavy atom. The standard InChI is InChI=1S/C17H24N2O5/c1-24-15-5-3-2-4-12(15)6-8-18-16(21)11-19-9-7-13(17(22)23)14(20)10-19/h2-5,13-14,20H,6-11H2,1H3,(H,18,21)(H,22,23)/t13-,14+/m0/s1. The number of rotatable bonds is 7. The number of aliphatic hydroxyl groups is 1. The number of amides is 1. The van der Waals surface area contributed by atoms with Crippen LogP contribution in [0.25, 0.3) is 0 Å². The highest BCUT2D eigenvalue weighted by molar-refractivity contribution is 5.78. The Morgan fingerprint density at radius 3 is 2.79 bits per heavy atom. The Bertz CT molecular complexity index is 578. The first-order valence-electron chi connectivity index (χ1n) is 8.03. The predicted octanol–water partition coefficient (Wildman–Crippen LogP) is 0.121. The van der Waals surface area contributed by atoms with Crippen molar-refractivity contribution in [2.75, 3.05) is 33.3 Å². The molecule has 0 spiro atoms. The summed E-state index contributed by atoms with van der Waals surface area (Å²) in [4.78, 5) is 24.7. The number of carboxylic acid groups (broad SMARTS) is 1. The monoisotopic (exact) mass is 336 g/mol. The molecule has 7 nitrogen and oxygen atoms in total. The van der Waals surface area contributed by atoms with Crippen molar-refractivity contribution in [1.82, 2.24) is 10.2 Å². The third-order valence-electron chi connectivity index (χ3n) is 4.26. The van der Waals surface area contributed by atoms with E-state index in [-0.39, 0.29) is 19.0 Å². The number of carboxylic acids is 1. The molecule has 1 aliphatic heterocycles. The van der Waals surface area contributed by atoms with Gasteiger partial charge in [-0.15, -0.1) is 0 Å². The van der Waals surface area contributed by atoms with Gasteiger partial charge in [-0.3, -0.25) is 14.5 Å². The van der Waals surface area contributed by atoms with E-state index >= 15 is 0 Å². The minimum atomic E-state index is -0.983. The fraction of sp³-hybridized carbons (Fsp3) is 0.529. The number of para-hydroxylation sites is 1. The van der Waals surface area contributed by atoms with Crippen molar-refractivity contribution in [3.8, 4) is 5.75 Å². The van der Waals surface area contributed by atoms with Crippen molar-refractivity contribution in [3.63, 3.8) is 0 Å². The van der Waals surface area contributed by atoms with Crippen LogP contribution < -0.4 is 10.1 Å². The fourth-order valence-electron chi connectivity index (χ4n) is 2.93. The molecule has 2 rings (SSSR count). The number of benzene rings is 1. The van der Waals surface area contributed by atoms with Gasteiger partial charge in [0.15, 0.2) is 0 Å². The lowest BCUT2D eigenvalue weighted by Gasteiger charge is -2.33. The van der Waals surface area contributed by atoms with E-state index in [9.17, 15) is 14.7 Å². The van der Waals surface area contributed by atoms with E-state index in [0.29, 0.717) is 25.9 Å². The molecule has 1 aliphatic rings. The smallest absolute Gasteiger partial charge is 0.309 e. The van der Waals surface area contributed by atoms with E-state index < -0.39 is 18.0 Å². The summed E-state index contributed by atoms with van der Waals surface area (Å²) < 4.78 is 5.27. The number of piperidine rings is 1. The van der Waals surface area contributed by atoms with Gasteiger partial charge >= 0.3 is 5.97 Å². The average molecular weight is 336 g/mol. The molecule has 1 aromatic rings. The summed E-state index contributed by atoms with van der Waals surface area (Å²) in [6, 6.07) is 7.66. The van der Waals surface area contributed by atoms with E-state index in [1.807, 2.05) is 24.3 Å². The zero-order valence-electron chi connectivity index (χ0n) is 13.8. The van der Waals surface area contributed by atoms with Crippen LogP contribution in [0, 0.1) is 5.92 Å². The second kappa shape index (κ2) is 8.65. The lowest BCUT2D eigenvalue weighted by atomic mass is 9.94. The Kier molecular flexibility index (Phi) is 6.57. The first kappa shape index (κ1) is 18.2. The van der Waals surface area contributed by atoms with Crippen molar-refractivity contribution in [2.24, 2.45) is 5.92 Å². The summed E-state index contributed by atoms with van der Waals surface area (Å²) in [6.07, 6.45) is 0.0856. The molecule has 132 valence electrons. The van der Waals surface area contributed by atoms with E-state index in [1.165, 1.54) is 0 Å². The van der Waals surface area contributed by atoms with Crippen molar-refractivity contribution in [2.45, 2.75) is 18.9 Å². The maximum absolute atomic E-state index is 12.0. The lowest BCUT2D eigenvalue weighted by molar-refractivity contribution is -0.148. The van der Waals surface area contributed by atoms with E-state index in [1.54, 1.807) is 12.0 Å². The van der Waals surface area contributed by atoms with Gasteiger partial charge in [0.2, 0.25) is 5.91 Å². The minimum absolute atomic E-state index is 0.133. The molecule has 1 amide bonds. The molecule has 0 bridgehead atoms. The van der Waals surface area contributed by atoms with Crippen LogP contribution in [0.5, 0.6) is 5.75 Å². The van der Waals surface area contributed by atoms with Crippen LogP contribution in [-0.2, 0) is 16.0 Å². The molecule has 7 heteroatoms. The van der Waals surface area contributed by atoms with Gasteiger partial charge in [0.25, 0.3) is 0 Å². The third kappa shape index (κ3) is 4.94. The van der Waals surface area contributed by atoms with Crippen LogP contribution in [0.3, 0.4) is 0 Å². The van der Waals surface area contributed by atoms with Crippen LogP contribution in [0.1, 0.15) is 12.0 Å². The van der Waals surface area contributed by atoms with Crippen LogP contribution in [-0.4, -0.2) is 66.4 Å². The Labute approximate surface area is 141 Å². The van der Waals surface area contributed by atoms with Crippen LogP contribution in [0.4, 0.5) is 0 Å². The fourth-order valence-corrected chi connectivity index (χ4v) is 2.93. The van der Waals surface area contributed by atoms with Crippen LogP contribution in [0.15, 0.2) is 24.3 Å². The second-order valence-corrected chi connectivity index (χ2v) is 5.95.